The number of ether oxygens (including phenoxy) is 1. The monoisotopic (exact) mass is 361 g/mol. The molecule has 1 unspecified atom stereocenters. The molecule has 1 aliphatic rings. The lowest BCUT2D eigenvalue weighted by Crippen LogP contribution is -2.50. The van der Waals surface area contributed by atoms with Crippen LogP contribution in [0.4, 0.5) is 5.69 Å². The van der Waals surface area contributed by atoms with E-state index in [4.69, 9.17) is 4.74 Å². The van der Waals surface area contributed by atoms with E-state index >= 15 is 0 Å². The molecule has 2 heterocycles. The summed E-state index contributed by atoms with van der Waals surface area (Å²) in [6, 6.07) is 7.38. The van der Waals surface area contributed by atoms with Crippen molar-refractivity contribution >= 4 is 17.5 Å². The molecule has 26 heavy (non-hydrogen) atoms. The lowest BCUT2D eigenvalue weighted by molar-refractivity contribution is -0.746. The molecule has 1 aliphatic heterocycles. The fraction of sp³-hybridized carbons (Fsp3) is 0.412. The summed E-state index contributed by atoms with van der Waals surface area (Å²) in [6.07, 6.45) is -0.956. The summed E-state index contributed by atoms with van der Waals surface area (Å²) < 4.78 is 11.6. The van der Waals surface area contributed by atoms with Gasteiger partial charge in [0.05, 0.1) is 13.0 Å². The Hall–Kier alpha value is -2.94. The Morgan fingerprint density at radius 1 is 1.35 bits per heavy atom. The highest BCUT2D eigenvalue weighted by molar-refractivity contribution is 5.95. The number of carbonyl (C=O) groups excluding carboxylic acids is 2. The van der Waals surface area contributed by atoms with Gasteiger partial charge < -0.3 is 15.0 Å². The molecule has 1 aromatic heterocycles. The number of hydrogen-bond donors (Lipinski definition) is 2. The van der Waals surface area contributed by atoms with Crippen molar-refractivity contribution in [3.05, 3.63) is 45.9 Å². The van der Waals surface area contributed by atoms with Crippen molar-refractivity contribution in [1.29, 1.82) is 0 Å². The van der Waals surface area contributed by atoms with Crippen LogP contribution in [0.25, 0.3) is 0 Å². The highest BCUT2D eigenvalue weighted by atomic mass is 16.5. The van der Waals surface area contributed by atoms with E-state index in [1.54, 1.807) is 19.2 Å². The van der Waals surface area contributed by atoms with Crippen LogP contribution in [0.15, 0.2) is 33.6 Å². The Bertz CT molecular complexity index is 855. The molecule has 138 valence electrons. The topological polar surface area (TPSA) is 109 Å². The van der Waals surface area contributed by atoms with E-state index in [0.717, 1.165) is 5.56 Å². The summed E-state index contributed by atoms with van der Waals surface area (Å²) in [4.78, 5) is 37.9. The van der Waals surface area contributed by atoms with E-state index in [1.807, 2.05) is 19.1 Å². The Labute approximate surface area is 149 Å². The van der Waals surface area contributed by atoms with Gasteiger partial charge in [-0.3, -0.25) is 14.1 Å². The minimum absolute atomic E-state index is 0.0862. The fourth-order valence-corrected chi connectivity index (χ4v) is 2.72. The number of rotatable bonds is 5. The zero-order chi connectivity index (χ0) is 18.7. The van der Waals surface area contributed by atoms with E-state index < -0.39 is 11.7 Å². The Morgan fingerprint density at radius 2 is 2.08 bits per heavy atom. The maximum Gasteiger partial charge on any atom is 0.431 e. The number of nitrogens with zero attached hydrogens (tertiary/aromatic N) is 2. The lowest BCUT2D eigenvalue weighted by Gasteiger charge is -2.30. The first kappa shape index (κ1) is 17.9. The Morgan fingerprint density at radius 3 is 2.73 bits per heavy atom. The van der Waals surface area contributed by atoms with Crippen molar-refractivity contribution < 1.29 is 23.5 Å². The van der Waals surface area contributed by atoms with Gasteiger partial charge in [0.2, 0.25) is 5.91 Å². The maximum absolute atomic E-state index is 12.6. The molecule has 0 bridgehead atoms. The second-order valence-corrected chi connectivity index (χ2v) is 6.22. The molecule has 0 radical (unpaired) electrons. The summed E-state index contributed by atoms with van der Waals surface area (Å²) in [5.41, 5.74) is 1.55. The van der Waals surface area contributed by atoms with Gasteiger partial charge in [0.1, 0.15) is 12.6 Å². The van der Waals surface area contributed by atoms with Crippen molar-refractivity contribution in [2.24, 2.45) is 7.05 Å². The number of hydrogen-bond acceptors (Lipinski definition) is 5. The van der Waals surface area contributed by atoms with Gasteiger partial charge in [-0.1, -0.05) is 22.4 Å². The van der Waals surface area contributed by atoms with Crippen LogP contribution in [-0.2, 0) is 27.9 Å². The van der Waals surface area contributed by atoms with E-state index in [0.29, 0.717) is 24.5 Å². The number of nitrogens with one attached hydrogen (secondary N) is 2. The third-order valence-corrected chi connectivity index (χ3v) is 4.23. The zero-order valence-electron chi connectivity index (χ0n) is 14.7. The van der Waals surface area contributed by atoms with Crippen LogP contribution in [0.3, 0.4) is 0 Å². The van der Waals surface area contributed by atoms with E-state index in [9.17, 15) is 14.4 Å². The van der Waals surface area contributed by atoms with Crippen molar-refractivity contribution in [3.63, 3.8) is 0 Å². The van der Waals surface area contributed by atoms with Crippen molar-refractivity contribution in [3.8, 4) is 0 Å². The molecule has 1 saturated heterocycles. The van der Waals surface area contributed by atoms with Gasteiger partial charge >= 0.3 is 11.3 Å². The van der Waals surface area contributed by atoms with Gasteiger partial charge in [0.15, 0.2) is 7.05 Å². The second-order valence-electron chi connectivity index (χ2n) is 6.22. The van der Waals surface area contributed by atoms with Crippen LogP contribution in [0.1, 0.15) is 17.7 Å². The average molecular weight is 361 g/mol. The van der Waals surface area contributed by atoms with Gasteiger partial charge in [0.25, 0.3) is 5.91 Å². The number of morpholine rings is 1. The SMILES string of the molecule is Cc1ccc(NC(=O)CC2OCCN(Cc3c(=O)o[nH][n+]3C)C2=O)cc1. The summed E-state index contributed by atoms with van der Waals surface area (Å²) in [7, 11) is 1.62. The van der Waals surface area contributed by atoms with E-state index in [1.165, 1.54) is 9.58 Å². The molecule has 1 aromatic carbocycles. The largest absolute Gasteiger partial charge is 0.431 e. The first-order valence-electron chi connectivity index (χ1n) is 8.27. The number of anilines is 1. The third-order valence-electron chi connectivity index (χ3n) is 4.23. The Kier molecular flexibility index (Phi) is 5.17. The second kappa shape index (κ2) is 7.52. The number of H-pyrrole nitrogens is 1. The summed E-state index contributed by atoms with van der Waals surface area (Å²) >= 11 is 0. The predicted molar refractivity (Wildman–Crippen MR) is 90.1 cm³/mol. The Balaban J connectivity index is 1.61. The number of amides is 2. The number of aromatic nitrogens is 2. The van der Waals surface area contributed by atoms with Crippen molar-refractivity contribution in [2.75, 3.05) is 18.5 Å². The van der Waals surface area contributed by atoms with Gasteiger partial charge in [-0.15, -0.1) is 0 Å². The molecule has 0 saturated carbocycles. The van der Waals surface area contributed by atoms with Gasteiger partial charge in [-0.05, 0) is 24.3 Å². The summed E-state index contributed by atoms with van der Waals surface area (Å²) in [6.45, 7) is 2.70. The van der Waals surface area contributed by atoms with Crippen LogP contribution in [-0.4, -0.2) is 41.2 Å². The first-order valence-corrected chi connectivity index (χ1v) is 8.27. The average Bonchev–Trinajstić information content (AvgIpc) is 2.92. The molecule has 3 rings (SSSR count). The maximum atomic E-state index is 12.6. The molecular formula is C17H21N4O5+. The molecule has 2 amide bonds. The summed E-state index contributed by atoms with van der Waals surface area (Å²) in [5.74, 6) is -0.628. The minimum Gasteiger partial charge on any atom is -0.366 e. The lowest BCUT2D eigenvalue weighted by atomic mass is 10.1. The van der Waals surface area contributed by atoms with Crippen LogP contribution in [0.2, 0.25) is 0 Å². The normalized spacial score (nSPS) is 17.4. The van der Waals surface area contributed by atoms with Crippen molar-refractivity contribution in [1.82, 2.24) is 10.2 Å². The summed E-state index contributed by atoms with van der Waals surface area (Å²) in [5, 5.41) is 5.16. The van der Waals surface area contributed by atoms with E-state index in [-0.39, 0.29) is 24.8 Å². The highest BCUT2D eigenvalue weighted by Gasteiger charge is 2.34. The van der Waals surface area contributed by atoms with Gasteiger partial charge in [-0.2, -0.15) is 0 Å². The molecular weight excluding hydrogens is 340 g/mol. The molecule has 9 heteroatoms. The standard InChI is InChI=1S/C17H20N4O5/c1-11-3-5-12(6-4-11)18-15(22)9-14-16(23)21(7-8-25-14)10-13-17(24)26-19-20(13)2/h3-6,14H,7-10H2,1-2H3,(H-,18,19,22,24)/p+1. The van der Waals surface area contributed by atoms with Crippen molar-refractivity contribution in [2.45, 2.75) is 26.0 Å². The fourth-order valence-electron chi connectivity index (χ4n) is 2.72. The molecule has 2 aromatic rings. The quantitative estimate of drug-likeness (QED) is 0.721. The van der Waals surface area contributed by atoms with E-state index in [2.05, 4.69) is 15.1 Å². The molecule has 0 aliphatic carbocycles. The number of aryl methyl sites for hydroxylation is 2. The third kappa shape index (κ3) is 3.99. The minimum atomic E-state index is -0.870. The first-order chi connectivity index (χ1) is 12.4. The molecule has 9 nitrogen and oxygen atoms in total. The van der Waals surface area contributed by atoms with Crippen LogP contribution in [0, 0.1) is 6.92 Å². The van der Waals surface area contributed by atoms with Crippen LogP contribution < -0.4 is 15.6 Å². The van der Waals surface area contributed by atoms with Crippen LogP contribution in [0.5, 0.6) is 0 Å². The predicted octanol–water partition coefficient (Wildman–Crippen LogP) is -0.143. The molecule has 0 spiro atoms. The number of carbonyl (C=O) groups is 2. The van der Waals surface area contributed by atoms with Gasteiger partial charge in [0, 0.05) is 12.2 Å². The van der Waals surface area contributed by atoms with Gasteiger partial charge in [-0.25, -0.2) is 4.79 Å². The molecule has 1 atom stereocenters. The molecule has 2 N–H and O–H groups in total. The number of benzene rings is 1. The van der Waals surface area contributed by atoms with Crippen LogP contribution >= 0.6 is 0 Å². The zero-order valence-corrected chi connectivity index (χ0v) is 14.7. The smallest absolute Gasteiger partial charge is 0.366 e. The number of aromatic amines is 1. The molecule has 1 fully saturated rings. The highest BCUT2D eigenvalue weighted by Crippen LogP contribution is 2.14.